The highest BCUT2D eigenvalue weighted by atomic mass is 35.5. The van der Waals surface area contributed by atoms with E-state index >= 15 is 0 Å². The fourth-order valence-corrected chi connectivity index (χ4v) is 5.22. The van der Waals surface area contributed by atoms with Gasteiger partial charge in [0.1, 0.15) is 29.3 Å². The van der Waals surface area contributed by atoms with Crippen LogP contribution in [0.25, 0.3) is 22.5 Å². The molecule has 0 unspecified atom stereocenters. The number of anilines is 1. The molecule has 4 aromatic carbocycles. The van der Waals surface area contributed by atoms with Crippen LogP contribution in [0.1, 0.15) is 32.0 Å². The smallest absolute Gasteiger partial charge is 0.250 e. The molecule has 0 saturated carbocycles. The van der Waals surface area contributed by atoms with E-state index in [1.165, 1.54) is 24.8 Å². The van der Waals surface area contributed by atoms with Crippen LogP contribution in [0.2, 0.25) is 15.2 Å². The summed E-state index contributed by atoms with van der Waals surface area (Å²) in [5, 5.41) is 1.09. The molecule has 0 aliphatic heterocycles. The summed E-state index contributed by atoms with van der Waals surface area (Å²) >= 11 is 17.4. The zero-order chi connectivity index (χ0) is 36.9. The highest BCUT2D eigenvalue weighted by molar-refractivity contribution is 6.34. The molecule has 0 saturated heterocycles. The fourth-order valence-electron chi connectivity index (χ4n) is 4.65. The first-order valence-electron chi connectivity index (χ1n) is 15.0. The molecule has 0 bridgehead atoms. The average molecular weight is 745 g/mol. The Morgan fingerprint density at radius 1 is 0.627 bits per heavy atom. The minimum Gasteiger partial charge on any atom is -0.496 e. The van der Waals surface area contributed by atoms with Gasteiger partial charge < -0.3 is 26.7 Å². The van der Waals surface area contributed by atoms with Gasteiger partial charge in [0.05, 0.1) is 46.8 Å². The Balaban J connectivity index is 0.000000190. The third-order valence-corrected chi connectivity index (χ3v) is 7.93. The van der Waals surface area contributed by atoms with Gasteiger partial charge in [0.15, 0.2) is 0 Å². The van der Waals surface area contributed by atoms with Crippen LogP contribution >= 0.6 is 34.8 Å². The second-order valence-electron chi connectivity index (χ2n) is 10.5. The first-order chi connectivity index (χ1) is 24.5. The minimum absolute atomic E-state index is 0.256. The molecule has 6 N–H and O–H groups in total. The topological polar surface area (TPSA) is 182 Å². The molecule has 11 nitrogen and oxygen atoms in total. The van der Waals surface area contributed by atoms with Gasteiger partial charge in [-0.15, -0.1) is 0 Å². The molecule has 0 fully saturated rings. The number of rotatable bonds is 8. The van der Waals surface area contributed by atoms with E-state index in [2.05, 4.69) is 19.9 Å². The average Bonchev–Trinajstić information content (AvgIpc) is 3.14. The van der Waals surface area contributed by atoms with E-state index in [9.17, 15) is 9.59 Å². The number of carbonyl (C=O) groups is 2. The van der Waals surface area contributed by atoms with Gasteiger partial charge in [0.2, 0.25) is 11.8 Å². The van der Waals surface area contributed by atoms with Crippen molar-refractivity contribution in [3.63, 3.8) is 0 Å². The lowest BCUT2D eigenvalue weighted by Crippen LogP contribution is -2.12. The van der Waals surface area contributed by atoms with Gasteiger partial charge in [-0.1, -0.05) is 65.1 Å². The van der Waals surface area contributed by atoms with Gasteiger partial charge in [-0.05, 0) is 66.2 Å². The monoisotopic (exact) mass is 743 g/mol. The second kappa shape index (κ2) is 18.3. The Morgan fingerprint density at radius 3 is 1.67 bits per heavy atom. The minimum atomic E-state index is -0.567. The van der Waals surface area contributed by atoms with Crippen LogP contribution in [-0.2, 0) is 6.42 Å². The van der Waals surface area contributed by atoms with Crippen LogP contribution in [0.5, 0.6) is 11.5 Å². The molecule has 51 heavy (non-hydrogen) atoms. The van der Waals surface area contributed by atoms with Crippen molar-refractivity contribution in [1.82, 2.24) is 19.9 Å². The largest absolute Gasteiger partial charge is 0.496 e. The quantitative estimate of drug-likeness (QED) is 0.106. The van der Waals surface area contributed by atoms with E-state index in [4.69, 9.17) is 61.5 Å². The molecular weight excluding hydrogens is 713 g/mol. The number of methoxy groups -OCH3 is 2. The number of amides is 2. The standard InChI is InChI=1S/C19H16ClN3O2.C11H9ClN2O.C7H7ClN2O/c1-25-18-5-3-2-4-14(18)17-10-13(22-11-23-17)8-12-6-7-16(20)15(9-12)19(21)24;1-15-10-5-3-2-4-8(10)9-6-11(12)14-7-13-9;8-6-2-1-4(9)3-5(6)7(10)11/h2-7,9-11H,8H2,1H3,(H2,21,24);2-7H,1H3;1-3H,9H2,(H2,10,11). The van der Waals surface area contributed by atoms with Gasteiger partial charge in [-0.2, -0.15) is 0 Å². The number of primary amides is 2. The Hall–Kier alpha value is -5.75. The molecule has 2 amide bonds. The molecular formula is C37H32Cl3N7O4. The Bertz CT molecular complexity index is 2150. The lowest BCUT2D eigenvalue weighted by Gasteiger charge is -2.09. The van der Waals surface area contributed by atoms with Gasteiger partial charge in [-0.25, -0.2) is 19.9 Å². The van der Waals surface area contributed by atoms with Crippen molar-refractivity contribution in [1.29, 1.82) is 0 Å². The van der Waals surface area contributed by atoms with Crippen LogP contribution in [0.4, 0.5) is 5.69 Å². The highest BCUT2D eigenvalue weighted by Crippen LogP contribution is 2.30. The van der Waals surface area contributed by atoms with Crippen LogP contribution in [0, 0.1) is 0 Å². The second-order valence-corrected chi connectivity index (χ2v) is 11.7. The highest BCUT2D eigenvalue weighted by Gasteiger charge is 2.11. The number of nitrogen functional groups attached to an aromatic ring is 1. The summed E-state index contributed by atoms with van der Waals surface area (Å²) in [6, 6.07) is 28.7. The summed E-state index contributed by atoms with van der Waals surface area (Å²) in [6.45, 7) is 0. The number of aromatic nitrogens is 4. The first kappa shape index (κ1) is 38.1. The van der Waals surface area contributed by atoms with Crippen LogP contribution < -0.4 is 26.7 Å². The number of hydrogen-bond donors (Lipinski definition) is 3. The third kappa shape index (κ3) is 10.6. The van der Waals surface area contributed by atoms with Gasteiger partial charge in [0.25, 0.3) is 0 Å². The number of ether oxygens (including phenoxy) is 2. The lowest BCUT2D eigenvalue weighted by molar-refractivity contribution is 0.0992. The van der Waals surface area contributed by atoms with Crippen molar-refractivity contribution in [2.45, 2.75) is 6.42 Å². The molecule has 0 radical (unpaired) electrons. The van der Waals surface area contributed by atoms with E-state index in [1.807, 2.05) is 60.7 Å². The number of carbonyl (C=O) groups excluding carboxylic acids is 2. The normalized spacial score (nSPS) is 10.1. The van der Waals surface area contributed by atoms with E-state index in [0.717, 1.165) is 45.3 Å². The lowest BCUT2D eigenvalue weighted by atomic mass is 10.0. The van der Waals surface area contributed by atoms with Crippen molar-refractivity contribution in [3.8, 4) is 34.0 Å². The maximum atomic E-state index is 11.4. The van der Waals surface area contributed by atoms with Gasteiger partial charge in [0, 0.05) is 35.0 Å². The van der Waals surface area contributed by atoms with Crippen molar-refractivity contribution >= 4 is 52.3 Å². The zero-order valence-corrected chi connectivity index (χ0v) is 29.7. The summed E-state index contributed by atoms with van der Waals surface area (Å²) in [4.78, 5) is 38.7. The van der Waals surface area contributed by atoms with E-state index in [0.29, 0.717) is 32.9 Å². The molecule has 14 heteroatoms. The molecule has 2 aromatic heterocycles. The van der Waals surface area contributed by atoms with Crippen LogP contribution in [0.3, 0.4) is 0 Å². The summed E-state index contributed by atoms with van der Waals surface area (Å²) in [5.74, 6) is 0.397. The Labute approximate surface area is 309 Å². The number of hydrogen-bond acceptors (Lipinski definition) is 9. The van der Waals surface area contributed by atoms with Crippen molar-refractivity contribution in [2.75, 3.05) is 20.0 Å². The molecule has 0 spiro atoms. The van der Waals surface area contributed by atoms with Crippen molar-refractivity contribution < 1.29 is 19.1 Å². The number of para-hydroxylation sites is 2. The molecule has 0 aliphatic carbocycles. The van der Waals surface area contributed by atoms with Crippen LogP contribution in [0.15, 0.2) is 110 Å². The molecule has 0 aliphatic rings. The maximum absolute atomic E-state index is 11.4. The number of benzene rings is 4. The van der Waals surface area contributed by atoms with E-state index in [1.54, 1.807) is 38.5 Å². The first-order valence-corrected chi connectivity index (χ1v) is 16.1. The number of nitrogens with two attached hydrogens (primary N) is 3. The fraction of sp³-hybridized carbons (Fsp3) is 0.0811. The van der Waals surface area contributed by atoms with E-state index in [-0.39, 0.29) is 5.56 Å². The summed E-state index contributed by atoms with van der Waals surface area (Å²) < 4.78 is 10.6. The SMILES string of the molecule is COc1ccccc1-c1cc(Cc2ccc(Cl)c(C(N)=O)c2)ncn1.COc1ccccc1-c1cc(Cl)ncn1.NC(=O)c1cc(N)ccc1Cl. The third-order valence-electron chi connectivity index (χ3n) is 7.06. The Morgan fingerprint density at radius 2 is 1.14 bits per heavy atom. The maximum Gasteiger partial charge on any atom is 0.250 e. The van der Waals surface area contributed by atoms with Crippen molar-refractivity contribution in [3.05, 3.63) is 147 Å². The summed E-state index contributed by atoms with van der Waals surface area (Å²) in [6.07, 6.45) is 3.48. The summed E-state index contributed by atoms with van der Waals surface area (Å²) in [5.41, 5.74) is 21.8. The van der Waals surface area contributed by atoms with Gasteiger partial charge >= 0.3 is 0 Å². The zero-order valence-electron chi connectivity index (χ0n) is 27.4. The number of nitrogens with zero attached hydrogens (tertiary/aromatic N) is 4. The molecule has 6 rings (SSSR count). The Kier molecular flexibility index (Phi) is 13.7. The van der Waals surface area contributed by atoms with Crippen LogP contribution in [-0.4, -0.2) is 46.0 Å². The molecule has 260 valence electrons. The predicted molar refractivity (Wildman–Crippen MR) is 200 cm³/mol. The molecule has 0 atom stereocenters. The summed E-state index contributed by atoms with van der Waals surface area (Å²) in [7, 11) is 3.25. The van der Waals surface area contributed by atoms with E-state index < -0.39 is 11.8 Å². The molecule has 2 heterocycles. The molecule has 6 aromatic rings. The number of halogens is 3. The predicted octanol–water partition coefficient (Wildman–Crippen LogP) is 7.32. The van der Waals surface area contributed by atoms with Crippen molar-refractivity contribution in [2.24, 2.45) is 11.5 Å². The van der Waals surface area contributed by atoms with Gasteiger partial charge in [-0.3, -0.25) is 9.59 Å².